The molecular weight excluding hydrogens is 232 g/mol. The maximum absolute atomic E-state index is 5.80. The lowest BCUT2D eigenvalue weighted by atomic mass is 10.1. The molecule has 0 fully saturated rings. The summed E-state index contributed by atoms with van der Waals surface area (Å²) in [4.78, 5) is 4.94. The van der Waals surface area contributed by atoms with Crippen molar-refractivity contribution < 1.29 is 4.74 Å². The lowest BCUT2D eigenvalue weighted by molar-refractivity contribution is 0.208. The van der Waals surface area contributed by atoms with E-state index in [2.05, 4.69) is 18.0 Å². The zero-order valence-corrected chi connectivity index (χ0v) is 11.1. The molecule has 17 heavy (non-hydrogen) atoms. The molecule has 1 aliphatic carbocycles. The minimum Gasteiger partial charge on any atom is -0.474 e. The molecule has 3 nitrogen and oxygen atoms in total. The molecule has 0 saturated heterocycles. The molecule has 0 saturated carbocycles. The fraction of sp³-hybridized carbons (Fsp3) is 0.538. The third-order valence-corrected chi connectivity index (χ3v) is 3.39. The van der Waals surface area contributed by atoms with E-state index in [0.717, 1.165) is 36.9 Å². The SMILES string of the molecule is CCC(C)Oc1nc2c(cc1C(N)=S)CCC2. The average molecular weight is 250 g/mol. The summed E-state index contributed by atoms with van der Waals surface area (Å²) in [6, 6.07) is 2.05. The van der Waals surface area contributed by atoms with E-state index < -0.39 is 0 Å². The predicted octanol–water partition coefficient (Wildman–Crippen LogP) is 2.38. The molecule has 4 heteroatoms. The first-order valence-electron chi connectivity index (χ1n) is 6.11. The molecule has 0 radical (unpaired) electrons. The van der Waals surface area contributed by atoms with Gasteiger partial charge in [0.05, 0.1) is 11.7 Å². The summed E-state index contributed by atoms with van der Waals surface area (Å²) in [6.07, 6.45) is 4.34. The van der Waals surface area contributed by atoms with Gasteiger partial charge in [-0.2, -0.15) is 0 Å². The number of fused-ring (bicyclic) bond motifs is 1. The first kappa shape index (κ1) is 12.3. The Bertz CT molecular complexity index is 445. The Hall–Kier alpha value is -1.16. The molecule has 92 valence electrons. The summed E-state index contributed by atoms with van der Waals surface area (Å²) in [7, 11) is 0. The molecule has 1 atom stereocenters. The Morgan fingerprint density at radius 1 is 1.59 bits per heavy atom. The Kier molecular flexibility index (Phi) is 3.62. The number of nitrogens with two attached hydrogens (primary N) is 1. The van der Waals surface area contributed by atoms with E-state index in [-0.39, 0.29) is 6.10 Å². The highest BCUT2D eigenvalue weighted by Crippen LogP contribution is 2.27. The van der Waals surface area contributed by atoms with Crippen molar-refractivity contribution in [1.29, 1.82) is 0 Å². The molecule has 2 rings (SSSR count). The van der Waals surface area contributed by atoms with Crippen LogP contribution in [0.5, 0.6) is 5.88 Å². The van der Waals surface area contributed by atoms with Gasteiger partial charge in [0, 0.05) is 5.69 Å². The number of pyridine rings is 1. The molecule has 1 unspecified atom stereocenters. The van der Waals surface area contributed by atoms with Crippen LogP contribution < -0.4 is 10.5 Å². The summed E-state index contributed by atoms with van der Waals surface area (Å²) in [5.41, 5.74) is 8.93. The topological polar surface area (TPSA) is 48.1 Å². The van der Waals surface area contributed by atoms with Crippen LogP contribution in [0.15, 0.2) is 6.07 Å². The van der Waals surface area contributed by atoms with E-state index in [1.807, 2.05) is 6.92 Å². The highest BCUT2D eigenvalue weighted by Gasteiger charge is 2.19. The quantitative estimate of drug-likeness (QED) is 0.834. The molecule has 1 aromatic rings. The second-order valence-electron chi connectivity index (χ2n) is 4.50. The van der Waals surface area contributed by atoms with E-state index in [1.54, 1.807) is 0 Å². The molecule has 1 heterocycles. The van der Waals surface area contributed by atoms with Crippen molar-refractivity contribution in [1.82, 2.24) is 4.98 Å². The van der Waals surface area contributed by atoms with E-state index in [9.17, 15) is 0 Å². The highest BCUT2D eigenvalue weighted by molar-refractivity contribution is 7.80. The highest BCUT2D eigenvalue weighted by atomic mass is 32.1. The lowest BCUT2D eigenvalue weighted by Crippen LogP contribution is -2.18. The number of aromatic nitrogens is 1. The van der Waals surface area contributed by atoms with Gasteiger partial charge in [-0.15, -0.1) is 0 Å². The molecule has 0 amide bonds. The van der Waals surface area contributed by atoms with Crippen molar-refractivity contribution >= 4 is 17.2 Å². The molecule has 1 aromatic heterocycles. The molecule has 0 bridgehead atoms. The van der Waals surface area contributed by atoms with Gasteiger partial charge in [0.25, 0.3) is 0 Å². The van der Waals surface area contributed by atoms with E-state index >= 15 is 0 Å². The minimum atomic E-state index is 0.134. The van der Waals surface area contributed by atoms with Gasteiger partial charge in [-0.25, -0.2) is 4.98 Å². The zero-order chi connectivity index (χ0) is 12.4. The third kappa shape index (κ3) is 2.57. The van der Waals surface area contributed by atoms with Crippen LogP contribution in [-0.2, 0) is 12.8 Å². The van der Waals surface area contributed by atoms with Gasteiger partial charge in [-0.1, -0.05) is 19.1 Å². The van der Waals surface area contributed by atoms with E-state index in [1.165, 1.54) is 5.56 Å². The van der Waals surface area contributed by atoms with Crippen molar-refractivity contribution in [3.63, 3.8) is 0 Å². The monoisotopic (exact) mass is 250 g/mol. The molecule has 0 aliphatic heterocycles. The second-order valence-corrected chi connectivity index (χ2v) is 4.94. The van der Waals surface area contributed by atoms with Crippen LogP contribution in [0, 0.1) is 0 Å². The van der Waals surface area contributed by atoms with Gasteiger partial charge in [0.2, 0.25) is 5.88 Å². The smallest absolute Gasteiger partial charge is 0.224 e. The first-order chi connectivity index (χ1) is 8.11. The molecule has 0 aromatic carbocycles. The summed E-state index contributed by atoms with van der Waals surface area (Å²) in [5.74, 6) is 0.604. The van der Waals surface area contributed by atoms with Gasteiger partial charge < -0.3 is 10.5 Å². The second kappa shape index (κ2) is 5.00. The van der Waals surface area contributed by atoms with Crippen LogP contribution in [0.4, 0.5) is 0 Å². The number of aryl methyl sites for hydroxylation is 2. The predicted molar refractivity (Wildman–Crippen MR) is 72.5 cm³/mol. The van der Waals surface area contributed by atoms with Crippen LogP contribution in [0.25, 0.3) is 0 Å². The van der Waals surface area contributed by atoms with Gasteiger partial charge >= 0.3 is 0 Å². The Morgan fingerprint density at radius 2 is 2.35 bits per heavy atom. The van der Waals surface area contributed by atoms with Crippen LogP contribution in [-0.4, -0.2) is 16.1 Å². The molecular formula is C13H18N2OS. The van der Waals surface area contributed by atoms with Crippen LogP contribution in [0.3, 0.4) is 0 Å². The number of rotatable bonds is 4. The van der Waals surface area contributed by atoms with Gasteiger partial charge in [0.15, 0.2) is 0 Å². The Morgan fingerprint density at radius 3 is 3.00 bits per heavy atom. The van der Waals surface area contributed by atoms with Gasteiger partial charge in [0.1, 0.15) is 4.99 Å². The Balaban J connectivity index is 2.38. The lowest BCUT2D eigenvalue weighted by Gasteiger charge is -2.16. The molecule has 1 aliphatic rings. The van der Waals surface area contributed by atoms with Crippen molar-refractivity contribution in [2.24, 2.45) is 5.73 Å². The number of hydrogen-bond donors (Lipinski definition) is 1. The van der Waals surface area contributed by atoms with E-state index in [4.69, 9.17) is 22.7 Å². The third-order valence-electron chi connectivity index (χ3n) is 3.17. The average Bonchev–Trinajstić information content (AvgIpc) is 2.74. The van der Waals surface area contributed by atoms with Crippen molar-refractivity contribution in [2.75, 3.05) is 0 Å². The summed E-state index contributed by atoms with van der Waals surface area (Å²) in [5, 5.41) is 0. The fourth-order valence-corrected chi connectivity index (χ4v) is 2.14. The number of hydrogen-bond acceptors (Lipinski definition) is 3. The maximum atomic E-state index is 5.80. The largest absolute Gasteiger partial charge is 0.474 e. The summed E-state index contributed by atoms with van der Waals surface area (Å²) >= 11 is 5.07. The van der Waals surface area contributed by atoms with Crippen molar-refractivity contribution in [2.45, 2.75) is 45.6 Å². The van der Waals surface area contributed by atoms with Crippen molar-refractivity contribution in [3.8, 4) is 5.88 Å². The number of nitrogens with zero attached hydrogens (tertiary/aromatic N) is 1. The number of thiocarbonyl (C=S) groups is 1. The standard InChI is InChI=1S/C13H18N2OS/c1-3-8(2)16-13-10(12(14)17)7-9-5-4-6-11(9)15-13/h7-8H,3-6H2,1-2H3,(H2,14,17). The Labute approximate surface area is 107 Å². The van der Waals surface area contributed by atoms with Crippen molar-refractivity contribution in [3.05, 3.63) is 22.9 Å². The van der Waals surface area contributed by atoms with Gasteiger partial charge in [-0.05, 0) is 44.2 Å². The van der Waals surface area contributed by atoms with E-state index in [0.29, 0.717) is 10.9 Å². The number of ether oxygens (including phenoxy) is 1. The molecule has 2 N–H and O–H groups in total. The normalized spacial score (nSPS) is 15.4. The first-order valence-corrected chi connectivity index (χ1v) is 6.52. The van der Waals surface area contributed by atoms with Crippen LogP contribution in [0.1, 0.15) is 43.5 Å². The zero-order valence-electron chi connectivity index (χ0n) is 10.3. The van der Waals surface area contributed by atoms with Crippen LogP contribution >= 0.6 is 12.2 Å². The minimum absolute atomic E-state index is 0.134. The summed E-state index contributed by atoms with van der Waals surface area (Å²) < 4.78 is 5.80. The summed E-state index contributed by atoms with van der Waals surface area (Å²) in [6.45, 7) is 4.11. The maximum Gasteiger partial charge on any atom is 0.224 e. The fourth-order valence-electron chi connectivity index (χ4n) is 1.99. The van der Waals surface area contributed by atoms with Gasteiger partial charge in [-0.3, -0.25) is 0 Å². The van der Waals surface area contributed by atoms with Crippen LogP contribution in [0.2, 0.25) is 0 Å². The molecule has 0 spiro atoms.